The number of ether oxygens (including phenoxy) is 2. The average Bonchev–Trinajstić information content (AvgIpc) is 2.87. The van der Waals surface area contributed by atoms with Gasteiger partial charge in [-0.05, 0) is 12.8 Å². The van der Waals surface area contributed by atoms with Crippen LogP contribution in [-0.2, 0) is 14.3 Å². The number of amides is 1. The molecule has 0 aromatic rings. The quantitative estimate of drug-likeness (QED) is 0.569. The van der Waals surface area contributed by atoms with Crippen molar-refractivity contribution in [3.63, 3.8) is 0 Å². The zero-order chi connectivity index (χ0) is 13.2. The summed E-state index contributed by atoms with van der Waals surface area (Å²) in [6.45, 7) is 3.39. The van der Waals surface area contributed by atoms with Crippen LogP contribution in [0, 0.1) is 0 Å². The summed E-state index contributed by atoms with van der Waals surface area (Å²) < 4.78 is 10.4. The maximum atomic E-state index is 11.7. The first-order chi connectivity index (χ1) is 8.76. The lowest BCUT2D eigenvalue weighted by molar-refractivity contribution is -0.123. The molecule has 0 bridgehead atoms. The molecule has 1 saturated heterocycles. The number of carbonyl (C=O) groups is 1. The highest BCUT2D eigenvalue weighted by Gasteiger charge is 2.17. The summed E-state index contributed by atoms with van der Waals surface area (Å²) in [5, 5.41) is 11.8. The van der Waals surface area contributed by atoms with Crippen molar-refractivity contribution in [1.29, 1.82) is 0 Å². The van der Waals surface area contributed by atoms with Crippen molar-refractivity contribution in [3.8, 4) is 0 Å². The van der Waals surface area contributed by atoms with Crippen LogP contribution in [-0.4, -0.2) is 75.1 Å². The van der Waals surface area contributed by atoms with Gasteiger partial charge in [0.05, 0.1) is 25.9 Å². The number of nitrogens with one attached hydrogen (secondary N) is 1. The molecule has 1 atom stereocenters. The Morgan fingerprint density at radius 1 is 1.56 bits per heavy atom. The van der Waals surface area contributed by atoms with Crippen molar-refractivity contribution in [1.82, 2.24) is 10.2 Å². The molecular formula is C12H24N2O4. The molecule has 0 aromatic carbocycles. The van der Waals surface area contributed by atoms with Crippen LogP contribution in [0.25, 0.3) is 0 Å². The fraction of sp³-hybridized carbons (Fsp3) is 0.917. The first-order valence-corrected chi connectivity index (χ1v) is 6.46. The van der Waals surface area contributed by atoms with Crippen molar-refractivity contribution in [2.45, 2.75) is 18.9 Å². The Kier molecular flexibility index (Phi) is 7.91. The van der Waals surface area contributed by atoms with Gasteiger partial charge in [-0.3, -0.25) is 9.69 Å². The lowest BCUT2D eigenvalue weighted by Crippen LogP contribution is -2.42. The van der Waals surface area contributed by atoms with Crippen molar-refractivity contribution in [2.75, 3.05) is 53.1 Å². The maximum Gasteiger partial charge on any atom is 0.234 e. The second-order valence-corrected chi connectivity index (χ2v) is 4.43. The van der Waals surface area contributed by atoms with Gasteiger partial charge >= 0.3 is 0 Å². The molecule has 0 radical (unpaired) electrons. The monoisotopic (exact) mass is 260 g/mol. The Morgan fingerprint density at radius 2 is 2.39 bits per heavy atom. The zero-order valence-electron chi connectivity index (χ0n) is 11.1. The van der Waals surface area contributed by atoms with Crippen molar-refractivity contribution >= 4 is 5.91 Å². The van der Waals surface area contributed by atoms with E-state index < -0.39 is 0 Å². The summed E-state index contributed by atoms with van der Waals surface area (Å²) in [5.74, 6) is -0.0324. The largest absolute Gasteiger partial charge is 0.395 e. The minimum Gasteiger partial charge on any atom is -0.395 e. The number of nitrogens with zero attached hydrogens (tertiary/aromatic N) is 1. The third-order valence-corrected chi connectivity index (χ3v) is 2.95. The van der Waals surface area contributed by atoms with Crippen LogP contribution in [0.3, 0.4) is 0 Å². The normalized spacial score (nSPS) is 19.4. The number of methoxy groups -OCH3 is 1. The van der Waals surface area contributed by atoms with Crippen LogP contribution in [0.5, 0.6) is 0 Å². The average molecular weight is 260 g/mol. The van der Waals surface area contributed by atoms with E-state index in [-0.39, 0.29) is 25.2 Å². The molecule has 1 heterocycles. The van der Waals surface area contributed by atoms with Crippen LogP contribution < -0.4 is 5.32 Å². The first kappa shape index (κ1) is 15.4. The van der Waals surface area contributed by atoms with Crippen LogP contribution in [0.15, 0.2) is 0 Å². The molecule has 1 aliphatic heterocycles. The minimum absolute atomic E-state index is 0.0324. The van der Waals surface area contributed by atoms with Crippen LogP contribution in [0.4, 0.5) is 0 Å². The van der Waals surface area contributed by atoms with Gasteiger partial charge < -0.3 is 19.9 Å². The third kappa shape index (κ3) is 6.30. The molecule has 1 aliphatic rings. The van der Waals surface area contributed by atoms with E-state index >= 15 is 0 Å². The topological polar surface area (TPSA) is 71.0 Å². The summed E-state index contributed by atoms with van der Waals surface area (Å²) in [5.41, 5.74) is 0. The number of rotatable bonds is 9. The van der Waals surface area contributed by atoms with Gasteiger partial charge in [0, 0.05) is 33.4 Å². The standard InChI is InChI=1S/C12H24N2O4/c1-17-8-5-14(4-6-15)10-12(16)13-9-11-3-2-7-18-11/h11,15H,2-10H2,1H3,(H,13,16). The van der Waals surface area contributed by atoms with E-state index in [1.165, 1.54) is 0 Å². The van der Waals surface area contributed by atoms with Crippen LogP contribution in [0.2, 0.25) is 0 Å². The van der Waals surface area contributed by atoms with E-state index in [4.69, 9.17) is 14.6 Å². The second-order valence-electron chi connectivity index (χ2n) is 4.43. The molecule has 0 aliphatic carbocycles. The molecule has 18 heavy (non-hydrogen) atoms. The van der Waals surface area contributed by atoms with E-state index in [0.717, 1.165) is 19.4 Å². The summed E-state index contributed by atoms with van der Waals surface area (Å²) >= 11 is 0. The Hall–Kier alpha value is -0.690. The van der Waals surface area contributed by atoms with Gasteiger partial charge in [-0.15, -0.1) is 0 Å². The van der Waals surface area contributed by atoms with Gasteiger partial charge in [-0.1, -0.05) is 0 Å². The Morgan fingerprint density at radius 3 is 3.00 bits per heavy atom. The van der Waals surface area contributed by atoms with Crippen LogP contribution in [0.1, 0.15) is 12.8 Å². The highest BCUT2D eigenvalue weighted by molar-refractivity contribution is 5.78. The highest BCUT2D eigenvalue weighted by atomic mass is 16.5. The van der Waals surface area contributed by atoms with Gasteiger partial charge in [-0.2, -0.15) is 0 Å². The molecule has 1 amide bonds. The number of carbonyl (C=O) groups excluding carboxylic acids is 1. The summed E-state index contributed by atoms with van der Waals surface area (Å²) in [6.07, 6.45) is 2.26. The molecule has 6 heteroatoms. The molecule has 1 unspecified atom stereocenters. The van der Waals surface area contributed by atoms with Gasteiger partial charge in [0.15, 0.2) is 0 Å². The Balaban J connectivity index is 2.17. The van der Waals surface area contributed by atoms with Gasteiger partial charge in [0.2, 0.25) is 5.91 Å². The minimum atomic E-state index is -0.0324. The maximum absolute atomic E-state index is 11.7. The zero-order valence-corrected chi connectivity index (χ0v) is 11.1. The van der Waals surface area contributed by atoms with Crippen LogP contribution >= 0.6 is 0 Å². The smallest absolute Gasteiger partial charge is 0.234 e. The number of aliphatic hydroxyl groups is 1. The van der Waals surface area contributed by atoms with Gasteiger partial charge in [-0.25, -0.2) is 0 Å². The molecular weight excluding hydrogens is 236 g/mol. The highest BCUT2D eigenvalue weighted by Crippen LogP contribution is 2.10. The molecule has 0 spiro atoms. The molecule has 0 saturated carbocycles. The summed E-state index contributed by atoms with van der Waals surface area (Å²) in [4.78, 5) is 13.6. The second kappa shape index (κ2) is 9.27. The Bertz CT molecular complexity index is 232. The predicted molar refractivity (Wildman–Crippen MR) is 67.4 cm³/mol. The number of hydrogen-bond donors (Lipinski definition) is 2. The van der Waals surface area contributed by atoms with E-state index in [0.29, 0.717) is 26.2 Å². The van der Waals surface area contributed by atoms with Crippen molar-refractivity contribution in [3.05, 3.63) is 0 Å². The molecule has 106 valence electrons. The number of hydrogen-bond acceptors (Lipinski definition) is 5. The van der Waals surface area contributed by atoms with Crippen molar-refractivity contribution in [2.24, 2.45) is 0 Å². The van der Waals surface area contributed by atoms with E-state index in [1.807, 2.05) is 4.90 Å². The lowest BCUT2D eigenvalue weighted by Gasteiger charge is -2.20. The lowest BCUT2D eigenvalue weighted by atomic mass is 10.2. The fourth-order valence-corrected chi connectivity index (χ4v) is 1.92. The third-order valence-electron chi connectivity index (χ3n) is 2.95. The summed E-state index contributed by atoms with van der Waals surface area (Å²) in [7, 11) is 1.62. The van der Waals surface area contributed by atoms with E-state index in [1.54, 1.807) is 7.11 Å². The van der Waals surface area contributed by atoms with Gasteiger partial charge in [0.25, 0.3) is 0 Å². The SMILES string of the molecule is COCCN(CCO)CC(=O)NCC1CCCO1. The molecule has 2 N–H and O–H groups in total. The fourth-order valence-electron chi connectivity index (χ4n) is 1.92. The van der Waals surface area contributed by atoms with Crippen molar-refractivity contribution < 1.29 is 19.4 Å². The van der Waals surface area contributed by atoms with E-state index in [9.17, 15) is 4.79 Å². The summed E-state index contributed by atoms with van der Waals surface area (Å²) in [6, 6.07) is 0. The molecule has 6 nitrogen and oxygen atoms in total. The first-order valence-electron chi connectivity index (χ1n) is 6.46. The molecule has 0 aromatic heterocycles. The number of aliphatic hydroxyl groups excluding tert-OH is 1. The predicted octanol–water partition coefficient (Wildman–Crippen LogP) is -0.778. The molecule has 1 fully saturated rings. The van der Waals surface area contributed by atoms with Gasteiger partial charge in [0.1, 0.15) is 0 Å². The molecule has 1 rings (SSSR count). The van der Waals surface area contributed by atoms with E-state index in [2.05, 4.69) is 5.32 Å². The Labute approximate surface area is 108 Å².